The second-order valence-electron chi connectivity index (χ2n) is 6.36. The van der Waals surface area contributed by atoms with Crippen molar-refractivity contribution in [3.63, 3.8) is 0 Å². The molecule has 6 nitrogen and oxygen atoms in total. The van der Waals surface area contributed by atoms with E-state index in [1.807, 2.05) is 27.6 Å². The molecule has 1 saturated heterocycles. The summed E-state index contributed by atoms with van der Waals surface area (Å²) in [6.45, 7) is 2.73. The first kappa shape index (κ1) is 17.4. The maximum atomic E-state index is 12.3. The van der Waals surface area contributed by atoms with E-state index in [0.717, 1.165) is 40.8 Å². The number of nitrogens with zero attached hydrogens (tertiary/aromatic N) is 3. The van der Waals surface area contributed by atoms with Crippen molar-refractivity contribution < 1.29 is 4.79 Å². The summed E-state index contributed by atoms with van der Waals surface area (Å²) in [5.41, 5.74) is 2.03. The number of carbonyl (C=O) groups excluding carboxylic acids is 1. The summed E-state index contributed by atoms with van der Waals surface area (Å²) < 4.78 is 1.82. The van der Waals surface area contributed by atoms with Crippen LogP contribution in [0.15, 0.2) is 35.2 Å². The van der Waals surface area contributed by atoms with Crippen LogP contribution in [0.25, 0.3) is 9.88 Å². The second-order valence-corrected chi connectivity index (χ2v) is 8.16. The fourth-order valence-electron chi connectivity index (χ4n) is 3.21. The van der Waals surface area contributed by atoms with E-state index in [1.165, 1.54) is 6.42 Å². The molecule has 0 radical (unpaired) electrons. The Hall–Kier alpha value is -2.03. The molecular formula is C18H21N5OS2. The third-order valence-corrected chi connectivity index (χ3v) is 6.44. The molecule has 8 heteroatoms. The van der Waals surface area contributed by atoms with Crippen molar-refractivity contribution in [3.05, 3.63) is 46.5 Å². The fraction of sp³-hybridized carbons (Fsp3) is 0.389. The van der Waals surface area contributed by atoms with Gasteiger partial charge in [0.05, 0.1) is 17.1 Å². The van der Waals surface area contributed by atoms with Gasteiger partial charge in [-0.25, -0.2) is 4.98 Å². The lowest BCUT2D eigenvalue weighted by atomic mass is 9.96. The standard InChI is InChI=1S/C18H21N5OS2/c24-17(11-23-15(5-7-21-23)13-3-1-6-19-9-13)20-10-14-12-26-18(22-14)16-4-2-8-25-16/h2,4-5,7-8,12-13,19H,1,3,6,9-11H2,(H,20,24)/t13-/m0/s1. The molecule has 1 fully saturated rings. The predicted octanol–water partition coefficient (Wildman–Crippen LogP) is 2.85. The van der Waals surface area contributed by atoms with E-state index in [-0.39, 0.29) is 12.5 Å². The number of hydrogen-bond acceptors (Lipinski definition) is 6. The molecule has 0 bridgehead atoms. The third kappa shape index (κ3) is 4.03. The van der Waals surface area contributed by atoms with Gasteiger partial charge in [-0.1, -0.05) is 6.07 Å². The van der Waals surface area contributed by atoms with Crippen LogP contribution in [0.3, 0.4) is 0 Å². The minimum Gasteiger partial charge on any atom is -0.349 e. The van der Waals surface area contributed by atoms with E-state index in [4.69, 9.17) is 0 Å². The van der Waals surface area contributed by atoms with Crippen LogP contribution in [-0.2, 0) is 17.9 Å². The van der Waals surface area contributed by atoms with Crippen LogP contribution >= 0.6 is 22.7 Å². The molecule has 2 N–H and O–H groups in total. The summed E-state index contributed by atoms with van der Waals surface area (Å²) in [6, 6.07) is 6.11. The Kier molecular flexibility index (Phi) is 5.42. The molecular weight excluding hydrogens is 366 g/mol. The number of amides is 1. The third-order valence-electron chi connectivity index (χ3n) is 4.51. The molecule has 0 saturated carbocycles. The Morgan fingerprint density at radius 3 is 3.15 bits per heavy atom. The lowest BCUT2D eigenvalue weighted by Crippen LogP contribution is -2.32. The van der Waals surface area contributed by atoms with Crippen molar-refractivity contribution >= 4 is 28.6 Å². The quantitative estimate of drug-likeness (QED) is 0.682. The topological polar surface area (TPSA) is 71.8 Å². The van der Waals surface area contributed by atoms with Crippen molar-refractivity contribution in [2.75, 3.05) is 13.1 Å². The molecule has 26 heavy (non-hydrogen) atoms. The minimum absolute atomic E-state index is 0.0376. The lowest BCUT2D eigenvalue weighted by molar-refractivity contribution is -0.122. The average molecular weight is 388 g/mol. The van der Waals surface area contributed by atoms with Gasteiger partial charge in [0.1, 0.15) is 11.6 Å². The molecule has 0 aliphatic carbocycles. The van der Waals surface area contributed by atoms with E-state index in [2.05, 4.69) is 26.8 Å². The van der Waals surface area contributed by atoms with Gasteiger partial charge in [0.25, 0.3) is 0 Å². The van der Waals surface area contributed by atoms with Gasteiger partial charge < -0.3 is 10.6 Å². The molecule has 0 unspecified atom stereocenters. The number of nitrogens with one attached hydrogen (secondary N) is 2. The van der Waals surface area contributed by atoms with E-state index < -0.39 is 0 Å². The Balaban J connectivity index is 1.33. The highest BCUT2D eigenvalue weighted by molar-refractivity contribution is 7.20. The average Bonchev–Trinajstić information content (AvgIpc) is 3.41. The number of rotatable bonds is 6. The molecule has 136 valence electrons. The molecule has 1 aliphatic rings. The number of thiophene rings is 1. The summed E-state index contributed by atoms with van der Waals surface area (Å²) in [4.78, 5) is 18.1. The molecule has 1 amide bonds. The van der Waals surface area contributed by atoms with Crippen molar-refractivity contribution in [3.8, 4) is 9.88 Å². The molecule has 1 atom stereocenters. The maximum absolute atomic E-state index is 12.3. The number of thiazole rings is 1. The lowest BCUT2D eigenvalue weighted by Gasteiger charge is -2.23. The van der Waals surface area contributed by atoms with E-state index in [9.17, 15) is 4.79 Å². The smallest absolute Gasteiger partial charge is 0.242 e. The van der Waals surface area contributed by atoms with Crippen LogP contribution in [-0.4, -0.2) is 33.8 Å². The molecule has 4 heterocycles. The number of piperidine rings is 1. The Bertz CT molecular complexity index is 849. The van der Waals surface area contributed by atoms with Gasteiger partial charge in [-0.15, -0.1) is 22.7 Å². The molecule has 3 aromatic rings. The van der Waals surface area contributed by atoms with E-state index in [0.29, 0.717) is 12.5 Å². The highest BCUT2D eigenvalue weighted by atomic mass is 32.1. The van der Waals surface area contributed by atoms with E-state index in [1.54, 1.807) is 28.9 Å². The van der Waals surface area contributed by atoms with E-state index >= 15 is 0 Å². The normalized spacial score (nSPS) is 17.3. The second kappa shape index (κ2) is 8.11. The minimum atomic E-state index is -0.0376. The summed E-state index contributed by atoms with van der Waals surface area (Å²) >= 11 is 3.28. The Morgan fingerprint density at radius 1 is 1.38 bits per heavy atom. The van der Waals surface area contributed by atoms with Crippen LogP contribution in [0.2, 0.25) is 0 Å². The van der Waals surface area contributed by atoms with Crippen molar-refractivity contribution in [1.29, 1.82) is 0 Å². The highest BCUT2D eigenvalue weighted by Gasteiger charge is 2.20. The van der Waals surface area contributed by atoms with Crippen LogP contribution in [0.5, 0.6) is 0 Å². The summed E-state index contributed by atoms with van der Waals surface area (Å²) in [5, 5.41) is 15.8. The van der Waals surface area contributed by atoms with Crippen molar-refractivity contribution in [1.82, 2.24) is 25.4 Å². The van der Waals surface area contributed by atoms with Crippen LogP contribution < -0.4 is 10.6 Å². The van der Waals surface area contributed by atoms with Gasteiger partial charge in [-0.3, -0.25) is 9.48 Å². The summed E-state index contributed by atoms with van der Waals surface area (Å²) in [7, 11) is 0. The molecule has 1 aliphatic heterocycles. The van der Waals surface area contributed by atoms with Crippen molar-refractivity contribution in [2.24, 2.45) is 0 Å². The maximum Gasteiger partial charge on any atom is 0.242 e. The SMILES string of the molecule is O=C(Cn1nccc1[C@H]1CCCNC1)NCc1csc(-c2cccs2)n1. The predicted molar refractivity (Wildman–Crippen MR) is 104 cm³/mol. The molecule has 0 aromatic carbocycles. The molecule has 0 spiro atoms. The largest absolute Gasteiger partial charge is 0.349 e. The monoisotopic (exact) mass is 387 g/mol. The zero-order chi connectivity index (χ0) is 17.8. The first-order valence-corrected chi connectivity index (χ1v) is 10.5. The summed E-state index contributed by atoms with van der Waals surface area (Å²) in [5.74, 6) is 0.398. The highest BCUT2D eigenvalue weighted by Crippen LogP contribution is 2.27. The molecule has 3 aromatic heterocycles. The zero-order valence-electron chi connectivity index (χ0n) is 14.4. The fourth-order valence-corrected chi connectivity index (χ4v) is 4.84. The first-order valence-electron chi connectivity index (χ1n) is 8.77. The van der Waals surface area contributed by atoms with Gasteiger partial charge in [-0.05, 0) is 36.9 Å². The zero-order valence-corrected chi connectivity index (χ0v) is 16.0. The van der Waals surface area contributed by atoms with Gasteiger partial charge in [-0.2, -0.15) is 5.10 Å². The van der Waals surface area contributed by atoms with Gasteiger partial charge in [0.2, 0.25) is 5.91 Å². The van der Waals surface area contributed by atoms with Gasteiger partial charge in [0, 0.05) is 29.7 Å². The van der Waals surface area contributed by atoms with Crippen LogP contribution in [0.1, 0.15) is 30.1 Å². The van der Waals surface area contributed by atoms with Gasteiger partial charge >= 0.3 is 0 Å². The van der Waals surface area contributed by atoms with Crippen molar-refractivity contribution in [2.45, 2.75) is 31.8 Å². The number of carbonyl (C=O) groups is 1. The number of hydrogen-bond donors (Lipinski definition) is 2. The Morgan fingerprint density at radius 2 is 2.35 bits per heavy atom. The number of aromatic nitrogens is 3. The van der Waals surface area contributed by atoms with Crippen LogP contribution in [0.4, 0.5) is 0 Å². The summed E-state index contributed by atoms with van der Waals surface area (Å²) in [6.07, 6.45) is 4.09. The first-order chi connectivity index (χ1) is 12.8. The Labute approximate surface area is 160 Å². The van der Waals surface area contributed by atoms with Gasteiger partial charge in [0.15, 0.2) is 0 Å². The molecule has 4 rings (SSSR count). The van der Waals surface area contributed by atoms with Crippen LogP contribution in [0, 0.1) is 0 Å².